The Bertz CT molecular complexity index is 991. The largest absolute Gasteiger partial charge is 0.492 e. The van der Waals surface area contributed by atoms with E-state index < -0.39 is 10.0 Å². The highest BCUT2D eigenvalue weighted by atomic mass is 35.5. The second-order valence-corrected chi connectivity index (χ2v) is 8.89. The van der Waals surface area contributed by atoms with E-state index in [0.29, 0.717) is 48.6 Å². The van der Waals surface area contributed by atoms with Gasteiger partial charge in [-0.3, -0.25) is 4.72 Å². The topological polar surface area (TPSA) is 77.1 Å². The van der Waals surface area contributed by atoms with Crippen molar-refractivity contribution < 1.29 is 22.6 Å². The Morgan fingerprint density at radius 1 is 1.07 bits per heavy atom. The number of aryl methyl sites for hydroxylation is 1. The molecule has 0 radical (unpaired) electrons. The van der Waals surface area contributed by atoms with Gasteiger partial charge < -0.3 is 19.1 Å². The summed E-state index contributed by atoms with van der Waals surface area (Å²) in [6, 6.07) is 8.13. The summed E-state index contributed by atoms with van der Waals surface area (Å²) < 4.78 is 45.6. The van der Waals surface area contributed by atoms with E-state index in [1.165, 1.54) is 12.1 Å². The molecule has 1 aliphatic rings. The molecule has 3 rings (SSSR count). The summed E-state index contributed by atoms with van der Waals surface area (Å²) in [6.07, 6.45) is 0. The smallest absolute Gasteiger partial charge is 0.262 e. The standard InChI is InChI=1S/C21H27ClN2O5S/c1-4-28-20-14-19(24-8-10-27-11-9-24)21(29-5-2)13-18(20)23-30(25,26)16-7-6-15(3)17(22)12-16/h6-7,12-14,23H,4-5,8-11H2,1-3H3. The van der Waals surface area contributed by atoms with Gasteiger partial charge in [0, 0.05) is 30.2 Å². The van der Waals surface area contributed by atoms with Crippen molar-refractivity contribution in [2.45, 2.75) is 25.7 Å². The van der Waals surface area contributed by atoms with Crippen LogP contribution in [-0.2, 0) is 14.8 Å². The number of hydrogen-bond acceptors (Lipinski definition) is 6. The van der Waals surface area contributed by atoms with E-state index in [4.69, 9.17) is 25.8 Å². The molecular weight excluding hydrogens is 428 g/mol. The Balaban J connectivity index is 2.01. The maximum Gasteiger partial charge on any atom is 0.262 e. The zero-order chi connectivity index (χ0) is 21.7. The second-order valence-electron chi connectivity index (χ2n) is 6.80. The number of nitrogens with zero attached hydrogens (tertiary/aromatic N) is 1. The molecule has 1 N–H and O–H groups in total. The highest BCUT2D eigenvalue weighted by Crippen LogP contribution is 2.40. The molecule has 9 heteroatoms. The Hall–Kier alpha value is -2.16. The quantitative estimate of drug-likeness (QED) is 0.647. The van der Waals surface area contributed by atoms with Crippen molar-refractivity contribution in [2.75, 3.05) is 49.1 Å². The first-order valence-corrected chi connectivity index (χ1v) is 11.8. The third-order valence-electron chi connectivity index (χ3n) is 4.71. The summed E-state index contributed by atoms with van der Waals surface area (Å²) in [6.45, 7) is 9.08. The minimum Gasteiger partial charge on any atom is -0.492 e. The van der Waals surface area contributed by atoms with Crippen molar-refractivity contribution in [3.63, 3.8) is 0 Å². The van der Waals surface area contributed by atoms with Crippen LogP contribution in [0, 0.1) is 6.92 Å². The molecule has 30 heavy (non-hydrogen) atoms. The van der Waals surface area contributed by atoms with Gasteiger partial charge in [-0.25, -0.2) is 8.42 Å². The zero-order valence-electron chi connectivity index (χ0n) is 17.4. The maximum atomic E-state index is 13.0. The molecule has 0 unspecified atom stereocenters. The summed E-state index contributed by atoms with van der Waals surface area (Å²) in [5, 5.41) is 0.389. The lowest BCUT2D eigenvalue weighted by Crippen LogP contribution is -2.36. The average molecular weight is 455 g/mol. The predicted molar refractivity (Wildman–Crippen MR) is 119 cm³/mol. The summed E-state index contributed by atoms with van der Waals surface area (Å²) >= 11 is 6.12. The van der Waals surface area contributed by atoms with Crippen molar-refractivity contribution in [3.05, 3.63) is 40.9 Å². The summed E-state index contributed by atoms with van der Waals surface area (Å²) in [7, 11) is -3.87. The van der Waals surface area contributed by atoms with Gasteiger partial charge in [0.25, 0.3) is 10.0 Å². The number of rotatable bonds is 8. The van der Waals surface area contributed by atoms with Gasteiger partial charge in [-0.05, 0) is 38.5 Å². The van der Waals surface area contributed by atoms with Crippen molar-refractivity contribution in [1.29, 1.82) is 0 Å². The molecular formula is C21H27ClN2O5S. The van der Waals surface area contributed by atoms with Crippen LogP contribution in [0.2, 0.25) is 5.02 Å². The van der Waals surface area contributed by atoms with Crippen LogP contribution in [0.3, 0.4) is 0 Å². The van der Waals surface area contributed by atoms with Gasteiger partial charge in [0.2, 0.25) is 0 Å². The Morgan fingerprint density at radius 2 is 1.73 bits per heavy atom. The number of ether oxygens (including phenoxy) is 3. The van der Waals surface area contributed by atoms with Crippen LogP contribution in [-0.4, -0.2) is 47.9 Å². The molecule has 164 valence electrons. The molecule has 1 fully saturated rings. The fourth-order valence-corrected chi connectivity index (χ4v) is 4.50. The Kier molecular flexibility index (Phi) is 7.33. The van der Waals surface area contributed by atoms with Gasteiger partial charge in [0.1, 0.15) is 11.5 Å². The minimum atomic E-state index is -3.87. The van der Waals surface area contributed by atoms with E-state index in [1.54, 1.807) is 12.1 Å². The molecule has 0 bridgehead atoms. The van der Waals surface area contributed by atoms with Gasteiger partial charge in [-0.2, -0.15) is 0 Å². The van der Waals surface area contributed by atoms with Crippen LogP contribution < -0.4 is 19.1 Å². The van der Waals surface area contributed by atoms with Crippen LogP contribution in [0.15, 0.2) is 35.2 Å². The van der Waals surface area contributed by atoms with Gasteiger partial charge >= 0.3 is 0 Å². The Labute approximate surface area is 182 Å². The number of anilines is 2. The maximum absolute atomic E-state index is 13.0. The van der Waals surface area contributed by atoms with Gasteiger partial charge in [-0.1, -0.05) is 17.7 Å². The second kappa shape index (κ2) is 9.76. The summed E-state index contributed by atoms with van der Waals surface area (Å²) in [5.74, 6) is 1.02. The van der Waals surface area contributed by atoms with E-state index in [9.17, 15) is 8.42 Å². The van der Waals surface area contributed by atoms with Crippen LogP contribution in [0.4, 0.5) is 11.4 Å². The lowest BCUT2D eigenvalue weighted by Gasteiger charge is -2.31. The van der Waals surface area contributed by atoms with Crippen molar-refractivity contribution in [3.8, 4) is 11.5 Å². The van der Waals surface area contributed by atoms with E-state index in [-0.39, 0.29) is 4.90 Å². The number of morpholine rings is 1. The van der Waals surface area contributed by atoms with E-state index in [1.807, 2.05) is 26.8 Å². The molecule has 0 spiro atoms. The molecule has 1 aliphatic heterocycles. The lowest BCUT2D eigenvalue weighted by atomic mass is 10.2. The molecule has 0 amide bonds. The summed E-state index contributed by atoms with van der Waals surface area (Å²) in [4.78, 5) is 2.23. The summed E-state index contributed by atoms with van der Waals surface area (Å²) in [5.41, 5.74) is 1.97. The van der Waals surface area contributed by atoms with Gasteiger partial charge in [0.15, 0.2) is 0 Å². The predicted octanol–water partition coefficient (Wildman–Crippen LogP) is 4.08. The monoisotopic (exact) mass is 454 g/mol. The van der Waals surface area contributed by atoms with Gasteiger partial charge in [-0.15, -0.1) is 0 Å². The molecule has 2 aromatic rings. The number of halogens is 1. The molecule has 2 aromatic carbocycles. The molecule has 1 heterocycles. The minimum absolute atomic E-state index is 0.0794. The Morgan fingerprint density at radius 3 is 2.37 bits per heavy atom. The van der Waals surface area contributed by atoms with Crippen LogP contribution in [0.1, 0.15) is 19.4 Å². The van der Waals surface area contributed by atoms with Crippen LogP contribution >= 0.6 is 11.6 Å². The molecule has 0 aromatic heterocycles. The SMILES string of the molecule is CCOc1cc(N2CCOCC2)c(OCC)cc1NS(=O)(=O)c1ccc(C)c(Cl)c1. The first-order valence-electron chi connectivity index (χ1n) is 9.91. The first kappa shape index (κ1) is 22.5. The first-order chi connectivity index (χ1) is 14.4. The van der Waals surface area contributed by atoms with Crippen LogP contribution in [0.5, 0.6) is 11.5 Å². The number of nitrogens with one attached hydrogen (secondary N) is 1. The highest BCUT2D eigenvalue weighted by molar-refractivity contribution is 7.92. The van der Waals surface area contributed by atoms with E-state index >= 15 is 0 Å². The molecule has 7 nitrogen and oxygen atoms in total. The highest BCUT2D eigenvalue weighted by Gasteiger charge is 2.23. The molecule has 0 atom stereocenters. The molecule has 0 aliphatic carbocycles. The molecule has 1 saturated heterocycles. The fraction of sp³-hybridized carbons (Fsp3) is 0.429. The average Bonchev–Trinajstić information content (AvgIpc) is 2.72. The third-order valence-corrected chi connectivity index (χ3v) is 6.48. The molecule has 0 saturated carbocycles. The number of benzene rings is 2. The number of sulfonamides is 1. The van der Waals surface area contributed by atoms with Crippen molar-refractivity contribution in [1.82, 2.24) is 0 Å². The van der Waals surface area contributed by atoms with Crippen molar-refractivity contribution in [2.24, 2.45) is 0 Å². The fourth-order valence-electron chi connectivity index (χ4n) is 3.17. The van der Waals surface area contributed by atoms with Crippen LogP contribution in [0.25, 0.3) is 0 Å². The van der Waals surface area contributed by atoms with Gasteiger partial charge in [0.05, 0.1) is 42.7 Å². The van der Waals surface area contributed by atoms with E-state index in [2.05, 4.69) is 9.62 Å². The lowest BCUT2D eigenvalue weighted by molar-refractivity contribution is 0.122. The number of hydrogen-bond donors (Lipinski definition) is 1. The van der Waals surface area contributed by atoms with Crippen molar-refractivity contribution >= 4 is 33.0 Å². The third kappa shape index (κ3) is 5.11. The zero-order valence-corrected chi connectivity index (χ0v) is 19.0. The van der Waals surface area contributed by atoms with E-state index in [0.717, 1.165) is 24.3 Å². The normalized spacial score (nSPS) is 14.5.